The van der Waals surface area contributed by atoms with Gasteiger partial charge >= 0.3 is 0 Å². The molecule has 1 aliphatic heterocycles. The third kappa shape index (κ3) is 6.61. The van der Waals surface area contributed by atoms with Crippen LogP contribution in [0, 0.1) is 0 Å². The Labute approximate surface area is 338 Å². The molecule has 9 aromatic rings. The number of nitrogens with one attached hydrogen (secondary N) is 1. The maximum Gasteiger partial charge on any atom is 0.133 e. The summed E-state index contributed by atoms with van der Waals surface area (Å²) < 4.78 is 0. The number of allylic oxidation sites excluding steroid dienone is 1. The van der Waals surface area contributed by atoms with Gasteiger partial charge in [0.2, 0.25) is 0 Å². The molecule has 8 aromatic carbocycles. The summed E-state index contributed by atoms with van der Waals surface area (Å²) in [5, 5.41) is 11.1. The van der Waals surface area contributed by atoms with Crippen LogP contribution in [0.15, 0.2) is 217 Å². The van der Waals surface area contributed by atoms with E-state index in [1.54, 1.807) is 0 Å². The molecule has 276 valence electrons. The second-order valence-corrected chi connectivity index (χ2v) is 14.8. The largest absolute Gasteiger partial charge is 0.366 e. The Balaban J connectivity index is 1.04. The van der Waals surface area contributed by atoms with Crippen LogP contribution in [-0.2, 0) is 6.54 Å². The predicted molar refractivity (Wildman–Crippen MR) is 245 cm³/mol. The number of aliphatic imine (C=N–C) groups is 1. The SMILES string of the molecule is C=NC1=C(N(Cc2ccc(-c3cc(-c4cccnc4)cc(-c4cc5ccccc5c5ccccc45)c3)cc2)c2ccccc2)NCC=C1c1ccc2ccccc2c1. The van der Waals surface area contributed by atoms with Gasteiger partial charge in [0.15, 0.2) is 0 Å². The number of aromatic nitrogens is 1. The molecule has 0 unspecified atom stereocenters. The first-order chi connectivity index (χ1) is 28.7. The lowest BCUT2D eigenvalue weighted by Crippen LogP contribution is -2.35. The number of anilines is 1. The van der Waals surface area contributed by atoms with E-state index in [1.807, 2.05) is 18.5 Å². The first-order valence-electron chi connectivity index (χ1n) is 19.7. The lowest BCUT2D eigenvalue weighted by molar-refractivity contribution is 0.767. The lowest BCUT2D eigenvalue weighted by atomic mass is 9.89. The average Bonchev–Trinajstić information content (AvgIpc) is 3.30. The number of dihydropyridines is 1. The zero-order valence-corrected chi connectivity index (χ0v) is 32.0. The van der Waals surface area contributed by atoms with E-state index in [2.05, 4.69) is 209 Å². The molecule has 0 saturated carbocycles. The topological polar surface area (TPSA) is 40.5 Å². The highest BCUT2D eigenvalue weighted by molar-refractivity contribution is 6.14. The summed E-state index contributed by atoms with van der Waals surface area (Å²) in [4.78, 5) is 11.5. The number of hydrogen-bond acceptors (Lipinski definition) is 4. The van der Waals surface area contributed by atoms with Crippen LogP contribution >= 0.6 is 0 Å². The first-order valence-corrected chi connectivity index (χ1v) is 19.7. The highest BCUT2D eigenvalue weighted by atomic mass is 15.3. The summed E-state index contributed by atoms with van der Waals surface area (Å²) in [5.41, 5.74) is 12.2. The Bertz CT molecular complexity index is 3040. The number of fused-ring (bicyclic) bond motifs is 4. The van der Waals surface area contributed by atoms with E-state index in [1.165, 1.54) is 49.0 Å². The van der Waals surface area contributed by atoms with E-state index in [-0.39, 0.29) is 0 Å². The van der Waals surface area contributed by atoms with E-state index < -0.39 is 0 Å². The van der Waals surface area contributed by atoms with Crippen LogP contribution in [0.3, 0.4) is 0 Å². The Kier molecular flexibility index (Phi) is 9.13. The van der Waals surface area contributed by atoms with Crippen LogP contribution in [0.4, 0.5) is 5.69 Å². The number of para-hydroxylation sites is 1. The van der Waals surface area contributed by atoms with E-state index in [0.29, 0.717) is 13.1 Å². The molecule has 0 fully saturated rings. The minimum Gasteiger partial charge on any atom is -0.366 e. The molecule has 0 radical (unpaired) electrons. The van der Waals surface area contributed by atoms with Crippen LogP contribution in [0.5, 0.6) is 0 Å². The van der Waals surface area contributed by atoms with E-state index in [0.717, 1.165) is 50.6 Å². The summed E-state index contributed by atoms with van der Waals surface area (Å²) >= 11 is 0. The van der Waals surface area contributed by atoms with Crippen molar-refractivity contribution in [3.05, 3.63) is 223 Å². The number of rotatable bonds is 9. The fourth-order valence-electron chi connectivity index (χ4n) is 8.39. The van der Waals surface area contributed by atoms with Gasteiger partial charge in [-0.2, -0.15) is 0 Å². The van der Waals surface area contributed by atoms with Crippen LogP contribution in [0.1, 0.15) is 11.1 Å². The Morgan fingerprint density at radius 1 is 0.534 bits per heavy atom. The molecular weight excluding hydrogens is 705 g/mol. The second kappa shape index (κ2) is 15.2. The van der Waals surface area contributed by atoms with E-state index in [4.69, 9.17) is 0 Å². The maximum absolute atomic E-state index is 4.66. The third-order valence-electron chi connectivity index (χ3n) is 11.2. The molecule has 4 heteroatoms. The normalized spacial score (nSPS) is 12.7. The Morgan fingerprint density at radius 2 is 1.21 bits per heavy atom. The molecule has 10 rings (SSSR count). The lowest BCUT2D eigenvalue weighted by Gasteiger charge is -2.32. The number of benzene rings is 8. The molecule has 0 aliphatic carbocycles. The standard InChI is InChI=1S/C54H40N4/c1-55-53-49(42-26-25-38-12-5-6-13-40(38)30-42)27-29-57-54(53)58(47-16-3-2-4-17-47)36-37-21-23-39(24-22-37)44-31-45(43-15-11-28-56-35-43)33-46(32-44)52-34-41-14-7-8-18-48(41)50-19-9-10-20-51(50)52/h2-28,30-35,57H,1,29,36H2. The van der Waals surface area contributed by atoms with Gasteiger partial charge in [-0.3, -0.25) is 9.98 Å². The molecule has 1 aliphatic rings. The summed E-state index contributed by atoms with van der Waals surface area (Å²) in [6, 6.07) is 65.4. The van der Waals surface area contributed by atoms with Crippen molar-refractivity contribution in [1.82, 2.24) is 10.3 Å². The highest BCUT2D eigenvalue weighted by Gasteiger charge is 2.23. The molecule has 2 heterocycles. The fourth-order valence-corrected chi connectivity index (χ4v) is 8.39. The minimum absolute atomic E-state index is 0.640. The van der Waals surface area contributed by atoms with E-state index in [9.17, 15) is 0 Å². The highest BCUT2D eigenvalue weighted by Crippen LogP contribution is 2.39. The summed E-state index contributed by atoms with van der Waals surface area (Å²) in [7, 11) is 0. The molecular formula is C54H40N4. The first kappa shape index (κ1) is 34.9. The summed E-state index contributed by atoms with van der Waals surface area (Å²) in [5.74, 6) is 0.937. The maximum atomic E-state index is 4.66. The van der Waals surface area contributed by atoms with Crippen LogP contribution in [0.25, 0.3) is 71.3 Å². The average molecular weight is 745 g/mol. The van der Waals surface area contributed by atoms with Crippen molar-refractivity contribution in [2.75, 3.05) is 11.4 Å². The summed E-state index contributed by atoms with van der Waals surface area (Å²) in [6.45, 7) is 5.39. The second-order valence-electron chi connectivity index (χ2n) is 14.8. The van der Waals surface area contributed by atoms with Crippen molar-refractivity contribution >= 4 is 50.3 Å². The molecule has 1 N–H and O–H groups in total. The Morgan fingerprint density at radius 3 is 1.98 bits per heavy atom. The van der Waals surface area contributed by atoms with Gasteiger partial charge in [0.05, 0.1) is 0 Å². The fraction of sp³-hybridized carbons (Fsp3) is 0.0370. The monoisotopic (exact) mass is 744 g/mol. The van der Waals surface area contributed by atoms with Crippen LogP contribution < -0.4 is 10.2 Å². The molecule has 0 bridgehead atoms. The number of nitrogens with zero attached hydrogens (tertiary/aromatic N) is 3. The molecule has 4 nitrogen and oxygen atoms in total. The molecule has 1 aromatic heterocycles. The number of pyridine rings is 1. The van der Waals surface area contributed by atoms with Crippen LogP contribution in [0.2, 0.25) is 0 Å². The van der Waals surface area contributed by atoms with Crippen molar-refractivity contribution < 1.29 is 0 Å². The third-order valence-corrected chi connectivity index (χ3v) is 11.2. The van der Waals surface area contributed by atoms with Gasteiger partial charge < -0.3 is 10.2 Å². The smallest absolute Gasteiger partial charge is 0.133 e. The predicted octanol–water partition coefficient (Wildman–Crippen LogP) is 13.1. The molecule has 0 atom stereocenters. The van der Waals surface area contributed by atoms with Gasteiger partial charge in [-0.05, 0) is 127 Å². The quantitative estimate of drug-likeness (QED) is 0.118. The number of hydrogen-bond donors (Lipinski definition) is 1. The van der Waals surface area contributed by atoms with Crippen molar-refractivity contribution in [3.8, 4) is 33.4 Å². The zero-order chi connectivity index (χ0) is 38.8. The molecule has 0 saturated heterocycles. The van der Waals surface area contributed by atoms with Gasteiger partial charge in [0.1, 0.15) is 11.5 Å². The van der Waals surface area contributed by atoms with Crippen molar-refractivity contribution in [2.45, 2.75) is 6.54 Å². The van der Waals surface area contributed by atoms with Crippen molar-refractivity contribution in [2.24, 2.45) is 4.99 Å². The van der Waals surface area contributed by atoms with Crippen LogP contribution in [-0.4, -0.2) is 18.2 Å². The summed E-state index contributed by atoms with van der Waals surface area (Å²) in [6.07, 6.45) is 5.99. The van der Waals surface area contributed by atoms with Gasteiger partial charge in [0.25, 0.3) is 0 Å². The van der Waals surface area contributed by atoms with Gasteiger partial charge in [-0.25, -0.2) is 0 Å². The van der Waals surface area contributed by atoms with Crippen molar-refractivity contribution in [3.63, 3.8) is 0 Å². The zero-order valence-electron chi connectivity index (χ0n) is 32.0. The molecule has 0 amide bonds. The van der Waals surface area contributed by atoms with E-state index >= 15 is 0 Å². The van der Waals surface area contributed by atoms with Gasteiger partial charge in [-0.15, -0.1) is 0 Å². The minimum atomic E-state index is 0.640. The Hall–Kier alpha value is -7.56. The molecule has 0 spiro atoms. The van der Waals surface area contributed by atoms with Gasteiger partial charge in [-0.1, -0.05) is 140 Å². The van der Waals surface area contributed by atoms with Gasteiger partial charge in [0, 0.05) is 42.3 Å². The van der Waals surface area contributed by atoms with Crippen molar-refractivity contribution in [1.29, 1.82) is 0 Å². The molecule has 58 heavy (non-hydrogen) atoms.